The van der Waals surface area contributed by atoms with Crippen molar-refractivity contribution in [3.05, 3.63) is 0 Å². The van der Waals surface area contributed by atoms with Crippen LogP contribution in [0.3, 0.4) is 0 Å². The van der Waals surface area contributed by atoms with Crippen LogP contribution >= 0.6 is 0 Å². The first-order chi connectivity index (χ1) is 6.13. The second kappa shape index (κ2) is 1.89. The minimum absolute atomic E-state index is 0.00477. The summed E-state index contributed by atoms with van der Waals surface area (Å²) in [7, 11) is 0. The number of fused-ring (bicyclic) bond motifs is 1. The van der Waals surface area contributed by atoms with E-state index in [9.17, 15) is 9.59 Å². The van der Waals surface area contributed by atoms with E-state index in [1.165, 1.54) is 0 Å². The highest BCUT2D eigenvalue weighted by molar-refractivity contribution is 5.94. The van der Waals surface area contributed by atoms with Crippen molar-refractivity contribution in [3.8, 4) is 0 Å². The SMILES string of the molecule is O=C1N[C@@]2(C(=O)O)C[C@@H]3C[C@H]1[C@H]2C3. The fourth-order valence-corrected chi connectivity index (χ4v) is 3.51. The van der Waals surface area contributed by atoms with Crippen LogP contribution < -0.4 is 5.32 Å². The molecule has 2 saturated carbocycles. The number of amides is 1. The van der Waals surface area contributed by atoms with Gasteiger partial charge in [0.15, 0.2) is 0 Å². The molecule has 2 bridgehead atoms. The lowest BCUT2D eigenvalue weighted by atomic mass is 9.79. The van der Waals surface area contributed by atoms with Crippen molar-refractivity contribution in [1.29, 1.82) is 0 Å². The van der Waals surface area contributed by atoms with Gasteiger partial charge in [0.1, 0.15) is 5.54 Å². The van der Waals surface area contributed by atoms with Crippen molar-refractivity contribution in [2.45, 2.75) is 24.8 Å². The number of carboxylic acids is 1. The number of aliphatic carboxylic acids is 1. The Morgan fingerprint density at radius 3 is 2.85 bits per heavy atom. The molecule has 0 spiro atoms. The standard InChI is InChI=1S/C9H11NO3/c11-7-5-1-4-2-6(5)9(3-4,10-7)8(12)13/h4-6H,1-3H2,(H,10,11)(H,12,13)/t4-,5+,6-,9+/m1/s1. The molecular weight excluding hydrogens is 170 g/mol. The van der Waals surface area contributed by atoms with Gasteiger partial charge in [-0.3, -0.25) is 4.79 Å². The van der Waals surface area contributed by atoms with Crippen molar-refractivity contribution < 1.29 is 14.7 Å². The Labute approximate surface area is 75.3 Å². The number of nitrogens with one attached hydrogen (secondary N) is 1. The first-order valence-corrected chi connectivity index (χ1v) is 4.69. The zero-order valence-electron chi connectivity index (χ0n) is 7.12. The van der Waals surface area contributed by atoms with Gasteiger partial charge in [-0.05, 0) is 25.2 Å². The molecule has 1 amide bonds. The zero-order chi connectivity index (χ0) is 9.22. The minimum atomic E-state index is -0.884. The predicted molar refractivity (Wildman–Crippen MR) is 42.8 cm³/mol. The van der Waals surface area contributed by atoms with Crippen LogP contribution in [-0.4, -0.2) is 22.5 Å². The summed E-state index contributed by atoms with van der Waals surface area (Å²) in [4.78, 5) is 22.5. The van der Waals surface area contributed by atoms with E-state index in [-0.39, 0.29) is 17.7 Å². The third-order valence-electron chi connectivity index (χ3n) is 3.97. The number of carboxylic acid groups (broad SMARTS) is 1. The average molecular weight is 181 g/mol. The monoisotopic (exact) mass is 181 g/mol. The maximum absolute atomic E-state index is 11.4. The molecule has 3 aliphatic rings. The Kier molecular flexibility index (Phi) is 1.07. The van der Waals surface area contributed by atoms with Crippen LogP contribution in [-0.2, 0) is 9.59 Å². The Balaban J connectivity index is 2.09. The van der Waals surface area contributed by atoms with Crippen molar-refractivity contribution in [3.63, 3.8) is 0 Å². The second-order valence-corrected chi connectivity index (χ2v) is 4.52. The molecule has 2 N–H and O–H groups in total. The van der Waals surface area contributed by atoms with E-state index in [2.05, 4.69) is 5.32 Å². The molecular formula is C9H11NO3. The minimum Gasteiger partial charge on any atom is -0.479 e. The van der Waals surface area contributed by atoms with Crippen LogP contribution in [0.1, 0.15) is 19.3 Å². The average Bonchev–Trinajstić information content (AvgIpc) is 2.61. The van der Waals surface area contributed by atoms with Crippen LogP contribution in [0.2, 0.25) is 0 Å². The van der Waals surface area contributed by atoms with Crippen molar-refractivity contribution >= 4 is 11.9 Å². The van der Waals surface area contributed by atoms with Crippen LogP contribution in [0.4, 0.5) is 0 Å². The molecule has 0 radical (unpaired) electrons. The fraction of sp³-hybridized carbons (Fsp3) is 0.778. The van der Waals surface area contributed by atoms with Gasteiger partial charge in [0, 0.05) is 11.8 Å². The van der Waals surface area contributed by atoms with E-state index < -0.39 is 11.5 Å². The van der Waals surface area contributed by atoms with E-state index >= 15 is 0 Å². The summed E-state index contributed by atoms with van der Waals surface area (Å²) in [5, 5.41) is 11.8. The molecule has 1 heterocycles. The van der Waals surface area contributed by atoms with Gasteiger partial charge in [0.25, 0.3) is 0 Å². The lowest BCUT2D eigenvalue weighted by Crippen LogP contribution is -2.50. The third-order valence-corrected chi connectivity index (χ3v) is 3.97. The van der Waals surface area contributed by atoms with Crippen LogP contribution in [0, 0.1) is 17.8 Å². The lowest BCUT2D eigenvalue weighted by Gasteiger charge is -2.27. The summed E-state index contributed by atoms with van der Waals surface area (Å²) >= 11 is 0. The Morgan fingerprint density at radius 2 is 2.31 bits per heavy atom. The van der Waals surface area contributed by atoms with Crippen LogP contribution in [0.5, 0.6) is 0 Å². The van der Waals surface area contributed by atoms with E-state index in [4.69, 9.17) is 5.11 Å². The highest BCUT2D eigenvalue weighted by Crippen LogP contribution is 2.57. The summed E-state index contributed by atoms with van der Waals surface area (Å²) in [6, 6.07) is 0. The van der Waals surface area contributed by atoms with Gasteiger partial charge < -0.3 is 10.4 Å². The molecule has 1 saturated heterocycles. The molecule has 70 valence electrons. The first kappa shape index (κ1) is 7.35. The molecule has 0 aromatic heterocycles. The molecule has 3 rings (SSSR count). The van der Waals surface area contributed by atoms with Gasteiger partial charge in [-0.1, -0.05) is 0 Å². The Morgan fingerprint density at radius 1 is 1.54 bits per heavy atom. The molecule has 4 atom stereocenters. The van der Waals surface area contributed by atoms with Gasteiger partial charge in [-0.2, -0.15) is 0 Å². The normalized spacial score (nSPS) is 51.1. The zero-order valence-corrected chi connectivity index (χ0v) is 7.12. The topological polar surface area (TPSA) is 66.4 Å². The van der Waals surface area contributed by atoms with E-state index in [1.54, 1.807) is 0 Å². The number of rotatable bonds is 1. The summed E-state index contributed by atoms with van der Waals surface area (Å²) in [5.41, 5.74) is -0.884. The highest BCUT2D eigenvalue weighted by Gasteiger charge is 2.66. The highest BCUT2D eigenvalue weighted by atomic mass is 16.4. The first-order valence-electron chi connectivity index (χ1n) is 4.69. The number of carbonyl (C=O) groups excluding carboxylic acids is 1. The predicted octanol–water partition coefficient (Wildman–Crippen LogP) is -0.0143. The summed E-state index contributed by atoms with van der Waals surface area (Å²) in [6.07, 6.45) is 2.48. The second-order valence-electron chi connectivity index (χ2n) is 4.52. The van der Waals surface area contributed by atoms with E-state index in [0.717, 1.165) is 12.8 Å². The Hall–Kier alpha value is -1.06. The Bertz CT molecular complexity index is 312. The van der Waals surface area contributed by atoms with Crippen molar-refractivity contribution in [2.75, 3.05) is 0 Å². The number of carbonyl (C=O) groups is 2. The van der Waals surface area contributed by atoms with Crippen LogP contribution in [0.15, 0.2) is 0 Å². The van der Waals surface area contributed by atoms with Gasteiger partial charge >= 0.3 is 5.97 Å². The number of hydrogen-bond acceptors (Lipinski definition) is 2. The van der Waals surface area contributed by atoms with Crippen LogP contribution in [0.25, 0.3) is 0 Å². The van der Waals surface area contributed by atoms with Crippen molar-refractivity contribution in [1.82, 2.24) is 5.32 Å². The largest absolute Gasteiger partial charge is 0.479 e. The maximum atomic E-state index is 11.4. The van der Waals surface area contributed by atoms with E-state index in [0.29, 0.717) is 12.3 Å². The molecule has 0 aromatic rings. The maximum Gasteiger partial charge on any atom is 0.329 e. The molecule has 0 unspecified atom stereocenters. The van der Waals surface area contributed by atoms with E-state index in [1.807, 2.05) is 0 Å². The van der Waals surface area contributed by atoms with Gasteiger partial charge in [0.2, 0.25) is 5.91 Å². The lowest BCUT2D eigenvalue weighted by molar-refractivity contribution is -0.146. The molecule has 13 heavy (non-hydrogen) atoms. The third kappa shape index (κ3) is 0.641. The summed E-state index contributed by atoms with van der Waals surface area (Å²) in [5.74, 6) is -0.342. The fourth-order valence-electron chi connectivity index (χ4n) is 3.51. The number of hydrogen-bond donors (Lipinski definition) is 2. The van der Waals surface area contributed by atoms with Gasteiger partial charge in [-0.15, -0.1) is 0 Å². The molecule has 2 aliphatic carbocycles. The molecule has 1 aliphatic heterocycles. The van der Waals surface area contributed by atoms with Crippen molar-refractivity contribution in [2.24, 2.45) is 17.8 Å². The molecule has 4 nitrogen and oxygen atoms in total. The quantitative estimate of drug-likeness (QED) is 0.597. The molecule has 4 heteroatoms. The van der Waals surface area contributed by atoms with Gasteiger partial charge in [0.05, 0.1) is 0 Å². The summed E-state index contributed by atoms with van der Waals surface area (Å²) in [6.45, 7) is 0. The molecule has 3 fully saturated rings. The van der Waals surface area contributed by atoms with Gasteiger partial charge in [-0.25, -0.2) is 4.79 Å². The summed E-state index contributed by atoms with van der Waals surface area (Å²) < 4.78 is 0. The smallest absolute Gasteiger partial charge is 0.329 e. The molecule has 0 aromatic carbocycles.